The molecule has 1 aliphatic heterocycles. The third-order valence-electron chi connectivity index (χ3n) is 3.64. The summed E-state index contributed by atoms with van der Waals surface area (Å²) in [5.41, 5.74) is 8.75. The zero-order valence-corrected chi connectivity index (χ0v) is 11.2. The molecule has 0 aromatic heterocycles. The first-order valence-electron chi connectivity index (χ1n) is 6.55. The Morgan fingerprint density at radius 1 is 1.15 bits per heavy atom. The Labute approximate surface area is 116 Å². The molecule has 104 valence electrons. The van der Waals surface area contributed by atoms with E-state index in [0.717, 1.165) is 23.3 Å². The van der Waals surface area contributed by atoms with Gasteiger partial charge in [0, 0.05) is 24.1 Å². The predicted octanol–water partition coefficient (Wildman–Crippen LogP) is 3.33. The van der Waals surface area contributed by atoms with Crippen molar-refractivity contribution < 1.29 is 13.5 Å². The van der Waals surface area contributed by atoms with Crippen LogP contribution in [0.1, 0.15) is 16.7 Å². The number of ether oxygens (including phenoxy) is 1. The quantitative estimate of drug-likeness (QED) is 0.912. The molecule has 4 heteroatoms. The average molecular weight is 275 g/mol. The first-order valence-corrected chi connectivity index (χ1v) is 6.55. The fourth-order valence-electron chi connectivity index (χ4n) is 2.56. The Morgan fingerprint density at radius 3 is 2.70 bits per heavy atom. The Morgan fingerprint density at radius 2 is 1.95 bits per heavy atom. The number of nitrogens with two attached hydrogens (primary N) is 1. The minimum Gasteiger partial charge on any atom is -0.493 e. The van der Waals surface area contributed by atoms with E-state index in [9.17, 15) is 8.78 Å². The summed E-state index contributed by atoms with van der Waals surface area (Å²) in [6.45, 7) is 2.46. The summed E-state index contributed by atoms with van der Waals surface area (Å²) in [5, 5.41) is 0. The molecule has 1 aliphatic rings. The van der Waals surface area contributed by atoms with Crippen LogP contribution in [-0.2, 0) is 13.0 Å². The highest BCUT2D eigenvalue weighted by Gasteiger charge is 2.19. The molecule has 0 unspecified atom stereocenters. The summed E-state index contributed by atoms with van der Waals surface area (Å²) in [6.07, 6.45) is 0.770. The molecule has 3 rings (SSSR count). The number of fused-ring (bicyclic) bond motifs is 1. The monoisotopic (exact) mass is 275 g/mol. The van der Waals surface area contributed by atoms with Gasteiger partial charge in [0.25, 0.3) is 0 Å². The molecule has 0 saturated heterocycles. The number of aryl methyl sites for hydroxylation is 1. The van der Waals surface area contributed by atoms with Gasteiger partial charge in [-0.25, -0.2) is 8.78 Å². The van der Waals surface area contributed by atoms with E-state index in [1.807, 2.05) is 6.07 Å². The van der Waals surface area contributed by atoms with Crippen LogP contribution in [0.4, 0.5) is 8.78 Å². The molecule has 0 radical (unpaired) electrons. The molecular formula is C16H15F2NO. The van der Waals surface area contributed by atoms with Crippen molar-refractivity contribution in [3.63, 3.8) is 0 Å². The largest absolute Gasteiger partial charge is 0.493 e. The SMILES string of the molecule is Cc1cc(F)c(-c2cc(CN)c3c(c2)CCO3)cc1F. The first-order chi connectivity index (χ1) is 9.60. The van der Waals surface area contributed by atoms with Crippen LogP contribution in [0.25, 0.3) is 11.1 Å². The maximum Gasteiger partial charge on any atom is 0.131 e. The molecule has 2 aromatic rings. The highest BCUT2D eigenvalue weighted by Crippen LogP contribution is 2.35. The maximum atomic E-state index is 14.1. The molecule has 0 atom stereocenters. The zero-order valence-electron chi connectivity index (χ0n) is 11.2. The maximum absolute atomic E-state index is 14.1. The summed E-state index contributed by atoms with van der Waals surface area (Å²) in [7, 11) is 0. The van der Waals surface area contributed by atoms with Crippen LogP contribution in [-0.4, -0.2) is 6.61 Å². The van der Waals surface area contributed by atoms with E-state index in [1.54, 1.807) is 13.0 Å². The second-order valence-electron chi connectivity index (χ2n) is 5.01. The van der Waals surface area contributed by atoms with Crippen LogP contribution in [0.5, 0.6) is 5.75 Å². The van der Waals surface area contributed by atoms with Crippen molar-refractivity contribution in [1.82, 2.24) is 0 Å². The van der Waals surface area contributed by atoms with Gasteiger partial charge >= 0.3 is 0 Å². The number of hydrogen-bond donors (Lipinski definition) is 1. The highest BCUT2D eigenvalue weighted by atomic mass is 19.1. The number of hydrogen-bond acceptors (Lipinski definition) is 2. The van der Waals surface area contributed by atoms with Crippen molar-refractivity contribution >= 4 is 0 Å². The van der Waals surface area contributed by atoms with Gasteiger partial charge in [0.1, 0.15) is 17.4 Å². The van der Waals surface area contributed by atoms with E-state index in [2.05, 4.69) is 0 Å². The van der Waals surface area contributed by atoms with Crippen molar-refractivity contribution in [3.05, 3.63) is 52.6 Å². The van der Waals surface area contributed by atoms with Crippen LogP contribution in [0, 0.1) is 18.6 Å². The van der Waals surface area contributed by atoms with Crippen LogP contribution in [0.15, 0.2) is 24.3 Å². The highest BCUT2D eigenvalue weighted by molar-refractivity contribution is 5.69. The zero-order chi connectivity index (χ0) is 14.3. The van der Waals surface area contributed by atoms with Gasteiger partial charge in [0.2, 0.25) is 0 Å². The number of halogens is 2. The lowest BCUT2D eigenvalue weighted by atomic mass is 9.97. The Kier molecular flexibility index (Phi) is 3.18. The van der Waals surface area contributed by atoms with Gasteiger partial charge in [-0.3, -0.25) is 0 Å². The predicted molar refractivity (Wildman–Crippen MR) is 73.6 cm³/mol. The standard InChI is InChI=1S/C16H15F2NO/c1-9-4-15(18)13(7-14(9)17)11-5-10-2-3-20-16(10)12(6-11)8-19/h4-7H,2-3,8,19H2,1H3. The molecule has 0 aliphatic carbocycles. The van der Waals surface area contributed by atoms with Crippen LogP contribution in [0.3, 0.4) is 0 Å². The lowest BCUT2D eigenvalue weighted by molar-refractivity contribution is 0.353. The third-order valence-corrected chi connectivity index (χ3v) is 3.64. The first kappa shape index (κ1) is 13.1. The topological polar surface area (TPSA) is 35.2 Å². The molecule has 20 heavy (non-hydrogen) atoms. The molecule has 2 aromatic carbocycles. The number of benzene rings is 2. The van der Waals surface area contributed by atoms with E-state index in [-0.39, 0.29) is 5.56 Å². The van der Waals surface area contributed by atoms with Crippen LogP contribution >= 0.6 is 0 Å². The summed E-state index contributed by atoms with van der Waals surface area (Å²) < 4.78 is 33.3. The molecule has 0 bridgehead atoms. The van der Waals surface area contributed by atoms with Gasteiger partial charge < -0.3 is 10.5 Å². The molecule has 0 fully saturated rings. The van der Waals surface area contributed by atoms with Gasteiger partial charge in [-0.15, -0.1) is 0 Å². The second kappa shape index (κ2) is 4.87. The third kappa shape index (κ3) is 2.06. The molecule has 2 N–H and O–H groups in total. The van der Waals surface area contributed by atoms with Gasteiger partial charge in [-0.1, -0.05) is 0 Å². The van der Waals surface area contributed by atoms with Crippen molar-refractivity contribution in [2.24, 2.45) is 5.73 Å². The minimum atomic E-state index is -0.425. The minimum absolute atomic E-state index is 0.262. The van der Waals surface area contributed by atoms with E-state index in [1.165, 1.54) is 12.1 Å². The van der Waals surface area contributed by atoms with E-state index >= 15 is 0 Å². The fraction of sp³-hybridized carbons (Fsp3) is 0.250. The van der Waals surface area contributed by atoms with Gasteiger partial charge in [-0.2, -0.15) is 0 Å². The summed E-state index contributed by atoms with van der Waals surface area (Å²) in [4.78, 5) is 0. The van der Waals surface area contributed by atoms with Crippen LogP contribution < -0.4 is 10.5 Å². The second-order valence-corrected chi connectivity index (χ2v) is 5.01. The van der Waals surface area contributed by atoms with Crippen molar-refractivity contribution in [2.45, 2.75) is 19.9 Å². The summed E-state index contributed by atoms with van der Waals surface area (Å²) in [6, 6.07) is 6.09. The van der Waals surface area contributed by atoms with Gasteiger partial charge in [0.15, 0.2) is 0 Å². The van der Waals surface area contributed by atoms with Crippen LogP contribution in [0.2, 0.25) is 0 Å². The van der Waals surface area contributed by atoms with Crippen molar-refractivity contribution in [2.75, 3.05) is 6.61 Å². The fourth-order valence-corrected chi connectivity index (χ4v) is 2.56. The summed E-state index contributed by atoms with van der Waals surface area (Å²) in [5.74, 6) is -0.0394. The van der Waals surface area contributed by atoms with Crippen molar-refractivity contribution in [3.8, 4) is 16.9 Å². The molecule has 0 spiro atoms. The normalized spacial score (nSPS) is 13.2. The van der Waals surface area contributed by atoms with Crippen molar-refractivity contribution in [1.29, 1.82) is 0 Å². The van der Waals surface area contributed by atoms with E-state index in [0.29, 0.717) is 24.3 Å². The molecule has 0 saturated carbocycles. The van der Waals surface area contributed by atoms with E-state index < -0.39 is 11.6 Å². The summed E-state index contributed by atoms with van der Waals surface area (Å²) >= 11 is 0. The lowest BCUT2D eigenvalue weighted by Crippen LogP contribution is -2.00. The molecule has 2 nitrogen and oxygen atoms in total. The van der Waals surface area contributed by atoms with Gasteiger partial charge in [0.05, 0.1) is 6.61 Å². The number of rotatable bonds is 2. The Balaban J connectivity index is 2.18. The molecule has 0 amide bonds. The molecule has 1 heterocycles. The Hall–Kier alpha value is -1.94. The Bertz CT molecular complexity index is 683. The smallest absolute Gasteiger partial charge is 0.131 e. The lowest BCUT2D eigenvalue weighted by Gasteiger charge is -2.11. The van der Waals surface area contributed by atoms with Gasteiger partial charge in [-0.05, 0) is 47.9 Å². The average Bonchev–Trinajstić information content (AvgIpc) is 2.90. The molecular weight excluding hydrogens is 260 g/mol. The van der Waals surface area contributed by atoms with E-state index in [4.69, 9.17) is 10.5 Å².